The largest absolute Gasteiger partial charge is 0.302 e. The molecule has 1 atom stereocenters. The molecule has 1 aliphatic heterocycles. The van der Waals surface area contributed by atoms with E-state index >= 15 is 0 Å². The van der Waals surface area contributed by atoms with E-state index < -0.39 is 5.41 Å². The zero-order chi connectivity index (χ0) is 12.1. The monoisotopic (exact) mass is 240 g/mol. The van der Waals surface area contributed by atoms with Crippen LogP contribution in [0.25, 0.3) is 0 Å². The minimum absolute atomic E-state index is 0.0469. The Balaban J connectivity index is 2.53. The van der Waals surface area contributed by atoms with E-state index in [9.17, 15) is 9.59 Å². The summed E-state index contributed by atoms with van der Waals surface area (Å²) in [6, 6.07) is 0. The molecule has 1 saturated carbocycles. The predicted octanol–water partition coefficient (Wildman–Crippen LogP) is 0.960. The third kappa shape index (κ3) is 1.18. The van der Waals surface area contributed by atoms with Crippen molar-refractivity contribution in [1.29, 1.82) is 0 Å². The van der Waals surface area contributed by atoms with E-state index in [-0.39, 0.29) is 28.3 Å². The van der Waals surface area contributed by atoms with Gasteiger partial charge in [-0.1, -0.05) is 20.8 Å². The van der Waals surface area contributed by atoms with Crippen LogP contribution < -0.4 is 10.6 Å². The van der Waals surface area contributed by atoms with Gasteiger partial charge in [0.05, 0.1) is 0 Å². The normalized spacial score (nSPS) is 31.4. The van der Waals surface area contributed by atoms with Gasteiger partial charge in [0.1, 0.15) is 5.41 Å². The molecule has 0 bridgehead atoms. The van der Waals surface area contributed by atoms with Crippen LogP contribution in [0.3, 0.4) is 0 Å². The molecule has 1 unspecified atom stereocenters. The fraction of sp³-hybridized carbons (Fsp3) is 0.727. The lowest BCUT2D eigenvalue weighted by Gasteiger charge is -2.43. The SMILES string of the molecule is CC1CCC(C)(C)C12C(=O)NC(=S)NC2=O. The van der Waals surface area contributed by atoms with Crippen LogP contribution in [0, 0.1) is 16.7 Å². The topological polar surface area (TPSA) is 58.2 Å². The summed E-state index contributed by atoms with van der Waals surface area (Å²) in [4.78, 5) is 24.4. The van der Waals surface area contributed by atoms with Crippen LogP contribution in [0.1, 0.15) is 33.6 Å². The van der Waals surface area contributed by atoms with Gasteiger partial charge in [-0.2, -0.15) is 0 Å². The van der Waals surface area contributed by atoms with Crippen LogP contribution >= 0.6 is 12.2 Å². The van der Waals surface area contributed by atoms with Crippen molar-refractivity contribution >= 4 is 29.1 Å². The molecular weight excluding hydrogens is 224 g/mol. The summed E-state index contributed by atoms with van der Waals surface area (Å²) in [6.45, 7) is 5.91. The van der Waals surface area contributed by atoms with Gasteiger partial charge < -0.3 is 10.6 Å². The van der Waals surface area contributed by atoms with Crippen molar-refractivity contribution in [2.75, 3.05) is 0 Å². The van der Waals surface area contributed by atoms with E-state index in [1.54, 1.807) is 0 Å². The van der Waals surface area contributed by atoms with Gasteiger partial charge in [0, 0.05) is 0 Å². The van der Waals surface area contributed by atoms with Crippen LogP contribution in [-0.2, 0) is 9.59 Å². The van der Waals surface area contributed by atoms with Gasteiger partial charge in [0.2, 0.25) is 11.8 Å². The maximum absolute atomic E-state index is 12.2. The highest BCUT2D eigenvalue weighted by molar-refractivity contribution is 7.80. The first-order valence-electron chi connectivity index (χ1n) is 5.49. The first-order chi connectivity index (χ1) is 7.32. The maximum atomic E-state index is 12.2. The summed E-state index contributed by atoms with van der Waals surface area (Å²) in [5.41, 5.74) is -1.29. The van der Waals surface area contributed by atoms with Crippen molar-refractivity contribution in [3.8, 4) is 0 Å². The van der Waals surface area contributed by atoms with Crippen LogP contribution in [0.2, 0.25) is 0 Å². The second kappa shape index (κ2) is 3.26. The molecule has 1 spiro atoms. The summed E-state index contributed by atoms with van der Waals surface area (Å²) in [5.74, 6) is -0.432. The van der Waals surface area contributed by atoms with Gasteiger partial charge in [0.15, 0.2) is 5.11 Å². The average molecular weight is 240 g/mol. The Hall–Kier alpha value is -0.970. The molecular formula is C11H16N2O2S. The van der Waals surface area contributed by atoms with Crippen molar-refractivity contribution in [3.05, 3.63) is 0 Å². The van der Waals surface area contributed by atoms with Gasteiger partial charge in [-0.25, -0.2) is 0 Å². The van der Waals surface area contributed by atoms with Gasteiger partial charge >= 0.3 is 0 Å². The molecule has 0 radical (unpaired) electrons. The number of carbonyl (C=O) groups is 2. The van der Waals surface area contributed by atoms with Gasteiger partial charge in [0.25, 0.3) is 0 Å². The van der Waals surface area contributed by atoms with Crippen molar-refractivity contribution in [2.24, 2.45) is 16.7 Å². The van der Waals surface area contributed by atoms with Gasteiger partial charge in [-0.3, -0.25) is 9.59 Å². The Morgan fingerprint density at radius 3 is 2.12 bits per heavy atom. The lowest BCUT2D eigenvalue weighted by atomic mass is 9.62. The van der Waals surface area contributed by atoms with Crippen LogP contribution in [0.5, 0.6) is 0 Å². The molecule has 0 aromatic rings. The third-order valence-electron chi connectivity index (χ3n) is 4.18. The second-order valence-corrected chi connectivity index (χ2v) is 5.78. The van der Waals surface area contributed by atoms with Crippen molar-refractivity contribution in [1.82, 2.24) is 10.6 Å². The summed E-state index contributed by atoms with van der Waals surface area (Å²) in [5, 5.41) is 5.30. The highest BCUT2D eigenvalue weighted by Crippen LogP contribution is 2.56. The molecule has 1 aliphatic carbocycles. The van der Waals surface area contributed by atoms with E-state index in [1.807, 2.05) is 20.8 Å². The summed E-state index contributed by atoms with van der Waals surface area (Å²) < 4.78 is 0. The molecule has 1 saturated heterocycles. The predicted molar refractivity (Wildman–Crippen MR) is 63.5 cm³/mol. The van der Waals surface area contributed by atoms with Gasteiger partial charge in [-0.05, 0) is 36.4 Å². The summed E-state index contributed by atoms with van der Waals surface area (Å²) >= 11 is 4.83. The number of hydrogen-bond donors (Lipinski definition) is 2. The van der Waals surface area contributed by atoms with Crippen molar-refractivity contribution < 1.29 is 9.59 Å². The number of hydrogen-bond acceptors (Lipinski definition) is 3. The van der Waals surface area contributed by atoms with E-state index in [2.05, 4.69) is 10.6 Å². The number of amides is 2. The fourth-order valence-electron chi connectivity index (χ4n) is 3.26. The molecule has 1 heterocycles. The molecule has 88 valence electrons. The van der Waals surface area contributed by atoms with Crippen LogP contribution in [0.4, 0.5) is 0 Å². The van der Waals surface area contributed by atoms with Crippen LogP contribution in [-0.4, -0.2) is 16.9 Å². The minimum atomic E-state index is -0.963. The highest BCUT2D eigenvalue weighted by atomic mass is 32.1. The Kier molecular flexibility index (Phi) is 2.35. The van der Waals surface area contributed by atoms with Crippen molar-refractivity contribution in [3.63, 3.8) is 0 Å². The average Bonchev–Trinajstić information content (AvgIpc) is 2.35. The smallest absolute Gasteiger partial charge is 0.242 e. The Morgan fingerprint density at radius 1 is 1.25 bits per heavy atom. The number of nitrogens with one attached hydrogen (secondary N) is 2. The molecule has 2 amide bonds. The number of carbonyl (C=O) groups excluding carboxylic acids is 2. The highest BCUT2D eigenvalue weighted by Gasteiger charge is 2.64. The Labute approximate surface area is 100 Å². The van der Waals surface area contributed by atoms with Crippen LogP contribution in [0.15, 0.2) is 0 Å². The molecule has 16 heavy (non-hydrogen) atoms. The number of thiocarbonyl (C=S) groups is 1. The number of rotatable bonds is 0. The van der Waals surface area contributed by atoms with E-state index in [0.717, 1.165) is 12.8 Å². The molecule has 5 heteroatoms. The first kappa shape index (κ1) is 11.5. The Bertz CT molecular complexity index is 369. The summed E-state index contributed by atoms with van der Waals surface area (Å²) in [6.07, 6.45) is 1.77. The third-order valence-corrected chi connectivity index (χ3v) is 4.38. The maximum Gasteiger partial charge on any atom is 0.242 e. The molecule has 0 aromatic carbocycles. The molecule has 2 aliphatic rings. The lowest BCUT2D eigenvalue weighted by molar-refractivity contribution is -0.153. The van der Waals surface area contributed by atoms with Crippen molar-refractivity contribution in [2.45, 2.75) is 33.6 Å². The first-order valence-corrected chi connectivity index (χ1v) is 5.90. The van der Waals surface area contributed by atoms with Gasteiger partial charge in [-0.15, -0.1) is 0 Å². The fourth-order valence-corrected chi connectivity index (χ4v) is 3.44. The second-order valence-electron chi connectivity index (χ2n) is 5.37. The molecule has 2 fully saturated rings. The molecule has 2 N–H and O–H groups in total. The van der Waals surface area contributed by atoms with E-state index in [4.69, 9.17) is 12.2 Å². The standard InChI is InChI=1S/C11H16N2O2S/c1-6-4-5-10(2,3)11(6)7(14)12-9(16)13-8(11)15/h6H,4-5H2,1-3H3,(H2,12,13,14,15,16). The quantitative estimate of drug-likeness (QED) is 0.490. The minimum Gasteiger partial charge on any atom is -0.302 e. The molecule has 2 rings (SSSR count). The van der Waals surface area contributed by atoms with E-state index in [1.165, 1.54) is 0 Å². The summed E-state index contributed by atoms with van der Waals surface area (Å²) in [7, 11) is 0. The van der Waals surface area contributed by atoms with E-state index in [0.29, 0.717) is 0 Å². The molecule has 4 nitrogen and oxygen atoms in total. The Morgan fingerprint density at radius 2 is 1.75 bits per heavy atom. The molecule has 0 aromatic heterocycles. The zero-order valence-corrected chi connectivity index (χ0v) is 10.5. The lowest BCUT2D eigenvalue weighted by Crippen LogP contribution is -2.67. The zero-order valence-electron chi connectivity index (χ0n) is 9.72.